The lowest BCUT2D eigenvalue weighted by Gasteiger charge is -2.33. The summed E-state index contributed by atoms with van der Waals surface area (Å²) in [6, 6.07) is 16.6. The SMILES string of the molecule is CC1(c2ccccc2)CCc2onc(C(=O)Nc3cnn(Cc4cccc(S(N)(=O)=O)c4)c3)c2C1. The number of fused-ring (bicyclic) bond motifs is 1. The highest BCUT2D eigenvalue weighted by Gasteiger charge is 2.37. The maximum absolute atomic E-state index is 13.1. The van der Waals surface area contributed by atoms with E-state index < -0.39 is 10.0 Å². The molecule has 0 fully saturated rings. The zero-order valence-corrected chi connectivity index (χ0v) is 20.0. The van der Waals surface area contributed by atoms with Crippen LogP contribution in [0, 0.1) is 0 Å². The van der Waals surface area contributed by atoms with Crippen molar-refractivity contribution in [1.82, 2.24) is 14.9 Å². The van der Waals surface area contributed by atoms with Crippen LogP contribution in [0.1, 0.15) is 46.3 Å². The average molecular weight is 492 g/mol. The first-order chi connectivity index (χ1) is 16.7. The summed E-state index contributed by atoms with van der Waals surface area (Å²) in [5.41, 5.74) is 3.46. The van der Waals surface area contributed by atoms with Crippen LogP contribution in [0.15, 0.2) is 76.4 Å². The van der Waals surface area contributed by atoms with E-state index in [2.05, 4.69) is 34.6 Å². The number of hydrogen-bond donors (Lipinski definition) is 2. The van der Waals surface area contributed by atoms with Crippen LogP contribution >= 0.6 is 0 Å². The number of primary sulfonamides is 1. The normalized spacial score (nSPS) is 17.7. The molecule has 1 aliphatic carbocycles. The summed E-state index contributed by atoms with van der Waals surface area (Å²) >= 11 is 0. The number of nitrogens with one attached hydrogen (secondary N) is 1. The van der Waals surface area contributed by atoms with Crippen molar-refractivity contribution >= 4 is 21.6 Å². The third kappa shape index (κ3) is 4.75. The van der Waals surface area contributed by atoms with Crippen LogP contribution in [-0.4, -0.2) is 29.3 Å². The highest BCUT2D eigenvalue weighted by Crippen LogP contribution is 2.39. The quantitative estimate of drug-likeness (QED) is 0.425. The summed E-state index contributed by atoms with van der Waals surface area (Å²) in [7, 11) is -3.79. The molecule has 1 atom stereocenters. The van der Waals surface area contributed by atoms with Crippen LogP contribution in [-0.2, 0) is 34.8 Å². The number of nitrogens with zero attached hydrogens (tertiary/aromatic N) is 3. The molecule has 0 radical (unpaired) electrons. The van der Waals surface area contributed by atoms with Crippen LogP contribution < -0.4 is 10.5 Å². The van der Waals surface area contributed by atoms with Gasteiger partial charge in [-0.25, -0.2) is 13.6 Å². The fraction of sp³-hybridized carbons (Fsp3) is 0.240. The predicted molar refractivity (Wildman–Crippen MR) is 129 cm³/mol. The van der Waals surface area contributed by atoms with Gasteiger partial charge in [-0.1, -0.05) is 54.5 Å². The molecule has 1 amide bonds. The zero-order valence-electron chi connectivity index (χ0n) is 19.1. The van der Waals surface area contributed by atoms with Crippen molar-refractivity contribution in [2.45, 2.75) is 43.0 Å². The lowest BCUT2D eigenvalue weighted by molar-refractivity contribution is 0.101. The Balaban J connectivity index is 1.31. The van der Waals surface area contributed by atoms with Gasteiger partial charge < -0.3 is 9.84 Å². The summed E-state index contributed by atoms with van der Waals surface area (Å²) in [4.78, 5) is 13.1. The Morgan fingerprint density at radius 2 is 2.00 bits per heavy atom. The van der Waals surface area contributed by atoms with Crippen molar-refractivity contribution < 1.29 is 17.7 Å². The molecule has 9 nitrogen and oxygen atoms in total. The molecule has 2 heterocycles. The monoisotopic (exact) mass is 491 g/mol. The molecule has 5 rings (SSSR count). The Bertz CT molecular complexity index is 1490. The first kappa shape index (κ1) is 23.0. The number of anilines is 1. The lowest BCUT2D eigenvalue weighted by atomic mass is 9.70. The second kappa shape index (κ2) is 8.79. The average Bonchev–Trinajstić information content (AvgIpc) is 3.45. The van der Waals surface area contributed by atoms with E-state index in [1.165, 1.54) is 23.9 Å². The third-order valence-electron chi connectivity index (χ3n) is 6.49. The van der Waals surface area contributed by atoms with Crippen molar-refractivity contribution in [2.75, 3.05) is 5.32 Å². The minimum absolute atomic E-state index is 0.0361. The van der Waals surface area contributed by atoms with E-state index in [4.69, 9.17) is 9.66 Å². The van der Waals surface area contributed by atoms with Gasteiger partial charge >= 0.3 is 0 Å². The minimum atomic E-state index is -3.79. The number of sulfonamides is 1. The van der Waals surface area contributed by atoms with Gasteiger partial charge in [-0.15, -0.1) is 0 Å². The zero-order chi connectivity index (χ0) is 24.6. The molecule has 1 unspecified atom stereocenters. The Morgan fingerprint density at radius 3 is 2.77 bits per heavy atom. The van der Waals surface area contributed by atoms with Crippen molar-refractivity contribution in [2.24, 2.45) is 5.14 Å². The molecule has 2 aromatic heterocycles. The van der Waals surface area contributed by atoms with Gasteiger partial charge in [0.15, 0.2) is 5.69 Å². The Hall–Kier alpha value is -3.76. The highest BCUT2D eigenvalue weighted by atomic mass is 32.2. The number of aryl methyl sites for hydroxylation is 1. The van der Waals surface area contributed by atoms with E-state index in [0.29, 0.717) is 24.2 Å². The van der Waals surface area contributed by atoms with Crippen molar-refractivity contribution in [3.05, 3.63) is 95.1 Å². The summed E-state index contributed by atoms with van der Waals surface area (Å²) in [5, 5.41) is 16.4. The molecule has 3 N–H and O–H groups in total. The number of carbonyl (C=O) groups is 1. The third-order valence-corrected chi connectivity index (χ3v) is 7.40. The molecule has 0 spiro atoms. The summed E-state index contributed by atoms with van der Waals surface area (Å²) in [6.45, 7) is 2.52. The second-order valence-electron chi connectivity index (χ2n) is 9.11. The fourth-order valence-electron chi connectivity index (χ4n) is 4.57. The van der Waals surface area contributed by atoms with Gasteiger partial charge in [0, 0.05) is 18.2 Å². The van der Waals surface area contributed by atoms with E-state index in [1.807, 2.05) is 18.2 Å². The van der Waals surface area contributed by atoms with Gasteiger partial charge in [-0.3, -0.25) is 9.48 Å². The van der Waals surface area contributed by atoms with Gasteiger partial charge in [-0.2, -0.15) is 5.10 Å². The van der Waals surface area contributed by atoms with Crippen molar-refractivity contribution in [3.8, 4) is 0 Å². The predicted octanol–water partition coefficient (Wildman–Crippen LogP) is 3.27. The molecule has 0 aliphatic heterocycles. The molecule has 0 bridgehead atoms. The standard InChI is InChI=1S/C25H25N5O4S/c1-25(18-7-3-2-4-8-18)11-10-22-21(13-25)23(29-34-22)24(31)28-19-14-27-30(16-19)15-17-6-5-9-20(12-17)35(26,32)33/h2-9,12,14,16H,10-11,13,15H2,1H3,(H,28,31)(H2,26,32,33). The van der Waals surface area contributed by atoms with Gasteiger partial charge in [0.05, 0.1) is 23.3 Å². The smallest absolute Gasteiger partial charge is 0.278 e. The second-order valence-corrected chi connectivity index (χ2v) is 10.7. The summed E-state index contributed by atoms with van der Waals surface area (Å²) in [6.07, 6.45) is 5.50. The van der Waals surface area contributed by atoms with Crippen LogP contribution in [0.4, 0.5) is 5.69 Å². The van der Waals surface area contributed by atoms with E-state index in [1.54, 1.807) is 23.0 Å². The maximum atomic E-state index is 13.1. The maximum Gasteiger partial charge on any atom is 0.278 e. The number of carbonyl (C=O) groups excluding carboxylic acids is 1. The molecule has 2 aromatic carbocycles. The summed E-state index contributed by atoms with van der Waals surface area (Å²) < 4.78 is 30.3. The Labute approximate surface area is 203 Å². The molecule has 4 aromatic rings. The number of hydrogen-bond acceptors (Lipinski definition) is 6. The lowest BCUT2D eigenvalue weighted by Crippen LogP contribution is -2.31. The van der Waals surface area contributed by atoms with Crippen LogP contribution in [0.25, 0.3) is 0 Å². The molecule has 0 saturated heterocycles. The highest BCUT2D eigenvalue weighted by molar-refractivity contribution is 7.89. The molecule has 180 valence electrons. The number of aromatic nitrogens is 3. The van der Waals surface area contributed by atoms with Gasteiger partial charge in [-0.05, 0) is 41.5 Å². The van der Waals surface area contributed by atoms with E-state index >= 15 is 0 Å². The first-order valence-corrected chi connectivity index (χ1v) is 12.7. The molecular weight excluding hydrogens is 466 g/mol. The molecular formula is C25H25N5O4S. The Morgan fingerprint density at radius 1 is 1.20 bits per heavy atom. The van der Waals surface area contributed by atoms with Gasteiger partial charge in [0.25, 0.3) is 5.91 Å². The largest absolute Gasteiger partial charge is 0.360 e. The summed E-state index contributed by atoms with van der Waals surface area (Å²) in [5.74, 6) is 0.400. The van der Waals surface area contributed by atoms with E-state index in [9.17, 15) is 13.2 Å². The van der Waals surface area contributed by atoms with E-state index in [-0.39, 0.29) is 21.9 Å². The van der Waals surface area contributed by atoms with Gasteiger partial charge in [0.1, 0.15) is 5.76 Å². The fourth-order valence-corrected chi connectivity index (χ4v) is 5.15. The molecule has 35 heavy (non-hydrogen) atoms. The van der Waals surface area contributed by atoms with Gasteiger partial charge in [0.2, 0.25) is 10.0 Å². The van der Waals surface area contributed by atoms with Crippen LogP contribution in [0.3, 0.4) is 0 Å². The van der Waals surface area contributed by atoms with Crippen molar-refractivity contribution in [3.63, 3.8) is 0 Å². The van der Waals surface area contributed by atoms with Crippen LogP contribution in [0.2, 0.25) is 0 Å². The van der Waals surface area contributed by atoms with E-state index in [0.717, 1.165) is 24.2 Å². The number of rotatable bonds is 6. The number of amides is 1. The minimum Gasteiger partial charge on any atom is -0.360 e. The molecule has 10 heteroatoms. The topological polar surface area (TPSA) is 133 Å². The van der Waals surface area contributed by atoms with Crippen LogP contribution in [0.5, 0.6) is 0 Å². The first-order valence-electron chi connectivity index (χ1n) is 11.2. The molecule has 1 aliphatic rings. The number of nitrogens with two attached hydrogens (primary N) is 1. The molecule has 0 saturated carbocycles. The Kier molecular flexibility index (Phi) is 5.78. The van der Waals surface area contributed by atoms with Crippen molar-refractivity contribution in [1.29, 1.82) is 0 Å². The number of benzene rings is 2.